The fourth-order valence-electron chi connectivity index (χ4n) is 1.70. The molecule has 0 aliphatic carbocycles. The van der Waals surface area contributed by atoms with Gasteiger partial charge in [-0.2, -0.15) is 0 Å². The maximum Gasteiger partial charge on any atom is 0.259 e. The summed E-state index contributed by atoms with van der Waals surface area (Å²) in [6.45, 7) is 1.23. The smallest absolute Gasteiger partial charge is 0.259 e. The van der Waals surface area contributed by atoms with Gasteiger partial charge in [0.15, 0.2) is 0 Å². The highest BCUT2D eigenvalue weighted by Gasteiger charge is 2.18. The SMILES string of the molecule is NCCCCCCNC(=O)C(F)c1ccccc1. The van der Waals surface area contributed by atoms with Gasteiger partial charge in [-0.25, -0.2) is 4.39 Å². The van der Waals surface area contributed by atoms with Crippen LogP contribution in [0.1, 0.15) is 37.4 Å². The molecule has 3 nitrogen and oxygen atoms in total. The lowest BCUT2D eigenvalue weighted by Crippen LogP contribution is -2.28. The maximum absolute atomic E-state index is 13.7. The molecular weight excluding hydrogens is 231 g/mol. The highest BCUT2D eigenvalue weighted by Crippen LogP contribution is 2.16. The summed E-state index contributed by atoms with van der Waals surface area (Å²) in [6.07, 6.45) is 2.37. The van der Waals surface area contributed by atoms with Crippen LogP contribution in [0.5, 0.6) is 0 Å². The minimum atomic E-state index is -1.57. The molecule has 100 valence electrons. The van der Waals surface area contributed by atoms with Crippen LogP contribution in [-0.2, 0) is 4.79 Å². The number of unbranched alkanes of at least 4 members (excludes halogenated alkanes) is 3. The molecule has 0 radical (unpaired) electrons. The van der Waals surface area contributed by atoms with E-state index in [1.807, 2.05) is 0 Å². The first-order valence-electron chi connectivity index (χ1n) is 6.42. The van der Waals surface area contributed by atoms with Crippen LogP contribution >= 0.6 is 0 Å². The van der Waals surface area contributed by atoms with Crippen molar-refractivity contribution < 1.29 is 9.18 Å². The summed E-state index contributed by atoms with van der Waals surface area (Å²) in [4.78, 5) is 11.5. The third-order valence-corrected chi connectivity index (χ3v) is 2.75. The summed E-state index contributed by atoms with van der Waals surface area (Å²) in [7, 11) is 0. The van der Waals surface area contributed by atoms with Gasteiger partial charge in [0.25, 0.3) is 5.91 Å². The zero-order valence-corrected chi connectivity index (χ0v) is 10.6. The molecule has 0 heterocycles. The van der Waals surface area contributed by atoms with Crippen molar-refractivity contribution in [2.75, 3.05) is 13.1 Å². The Kier molecular flexibility index (Phi) is 7.03. The van der Waals surface area contributed by atoms with E-state index in [2.05, 4.69) is 5.32 Å². The van der Waals surface area contributed by atoms with Crippen molar-refractivity contribution in [2.45, 2.75) is 31.9 Å². The Morgan fingerprint density at radius 1 is 1.17 bits per heavy atom. The first-order chi connectivity index (χ1) is 8.75. The van der Waals surface area contributed by atoms with Gasteiger partial charge in [0.05, 0.1) is 0 Å². The molecule has 0 aliphatic rings. The van der Waals surface area contributed by atoms with Crippen molar-refractivity contribution in [2.24, 2.45) is 5.73 Å². The highest BCUT2D eigenvalue weighted by atomic mass is 19.1. The monoisotopic (exact) mass is 252 g/mol. The van der Waals surface area contributed by atoms with Crippen molar-refractivity contribution in [1.82, 2.24) is 5.32 Å². The van der Waals surface area contributed by atoms with Crippen LogP contribution in [0.2, 0.25) is 0 Å². The Morgan fingerprint density at radius 3 is 2.50 bits per heavy atom. The summed E-state index contributed by atoms with van der Waals surface area (Å²) < 4.78 is 13.7. The van der Waals surface area contributed by atoms with Gasteiger partial charge < -0.3 is 11.1 Å². The standard InChI is InChI=1S/C14H21FN2O/c15-13(12-8-4-3-5-9-12)14(18)17-11-7-2-1-6-10-16/h3-5,8-9,13H,1-2,6-7,10-11,16H2,(H,17,18). The summed E-state index contributed by atoms with van der Waals surface area (Å²) in [5.74, 6) is -0.556. The zero-order chi connectivity index (χ0) is 13.2. The number of alkyl halides is 1. The Labute approximate surface area is 108 Å². The van der Waals surface area contributed by atoms with Crippen LogP contribution in [-0.4, -0.2) is 19.0 Å². The topological polar surface area (TPSA) is 55.1 Å². The predicted octanol–water partition coefficient (Wildman–Crippen LogP) is 2.33. The van der Waals surface area contributed by atoms with E-state index in [0.717, 1.165) is 25.7 Å². The predicted molar refractivity (Wildman–Crippen MR) is 70.8 cm³/mol. The Morgan fingerprint density at radius 2 is 1.83 bits per heavy atom. The lowest BCUT2D eigenvalue weighted by atomic mass is 10.1. The van der Waals surface area contributed by atoms with Crippen molar-refractivity contribution in [3.63, 3.8) is 0 Å². The number of nitrogens with one attached hydrogen (secondary N) is 1. The zero-order valence-electron chi connectivity index (χ0n) is 10.6. The van der Waals surface area contributed by atoms with Crippen molar-refractivity contribution in [3.05, 3.63) is 35.9 Å². The molecule has 4 heteroatoms. The molecule has 3 N–H and O–H groups in total. The van der Waals surface area contributed by atoms with E-state index in [1.54, 1.807) is 30.3 Å². The molecule has 0 bridgehead atoms. The van der Waals surface area contributed by atoms with Gasteiger partial charge in [-0.05, 0) is 24.9 Å². The fraction of sp³-hybridized carbons (Fsp3) is 0.500. The van der Waals surface area contributed by atoms with Gasteiger partial charge in [0.1, 0.15) is 0 Å². The summed E-state index contributed by atoms with van der Waals surface area (Å²) in [5.41, 5.74) is 5.78. The van der Waals surface area contributed by atoms with E-state index in [0.29, 0.717) is 18.7 Å². The normalized spacial score (nSPS) is 12.1. The molecule has 0 spiro atoms. The number of hydrogen-bond acceptors (Lipinski definition) is 2. The second-order valence-electron chi connectivity index (χ2n) is 4.27. The van der Waals surface area contributed by atoms with Gasteiger partial charge in [-0.15, -0.1) is 0 Å². The number of carbonyl (C=O) groups excluding carboxylic acids is 1. The van der Waals surface area contributed by atoms with Crippen LogP contribution in [0, 0.1) is 0 Å². The number of amides is 1. The number of halogens is 1. The van der Waals surface area contributed by atoms with Crippen LogP contribution in [0.3, 0.4) is 0 Å². The number of benzene rings is 1. The minimum absolute atomic E-state index is 0.401. The lowest BCUT2D eigenvalue weighted by Gasteiger charge is -2.09. The van der Waals surface area contributed by atoms with E-state index in [-0.39, 0.29) is 0 Å². The highest BCUT2D eigenvalue weighted by molar-refractivity contribution is 5.81. The van der Waals surface area contributed by atoms with E-state index in [4.69, 9.17) is 5.73 Å². The molecule has 0 aromatic heterocycles. The third-order valence-electron chi connectivity index (χ3n) is 2.75. The molecule has 1 unspecified atom stereocenters. The number of hydrogen-bond donors (Lipinski definition) is 2. The van der Waals surface area contributed by atoms with E-state index in [9.17, 15) is 9.18 Å². The number of rotatable bonds is 8. The van der Waals surface area contributed by atoms with E-state index < -0.39 is 12.1 Å². The quantitative estimate of drug-likeness (QED) is 0.698. The minimum Gasteiger partial charge on any atom is -0.353 e. The van der Waals surface area contributed by atoms with Gasteiger partial charge in [-0.1, -0.05) is 43.2 Å². The third kappa shape index (κ3) is 5.27. The van der Waals surface area contributed by atoms with Gasteiger partial charge in [0.2, 0.25) is 6.17 Å². The van der Waals surface area contributed by atoms with Gasteiger partial charge in [0, 0.05) is 6.54 Å². The summed E-state index contributed by atoms with van der Waals surface area (Å²) in [5, 5.41) is 2.61. The summed E-state index contributed by atoms with van der Waals surface area (Å²) >= 11 is 0. The first-order valence-corrected chi connectivity index (χ1v) is 6.42. The van der Waals surface area contributed by atoms with Crippen LogP contribution in [0.4, 0.5) is 4.39 Å². The molecule has 18 heavy (non-hydrogen) atoms. The molecule has 1 rings (SSSR count). The molecule has 0 saturated heterocycles. The van der Waals surface area contributed by atoms with Crippen molar-refractivity contribution >= 4 is 5.91 Å². The Balaban J connectivity index is 2.20. The van der Waals surface area contributed by atoms with E-state index in [1.165, 1.54) is 0 Å². The second kappa shape index (κ2) is 8.64. The summed E-state index contributed by atoms with van der Waals surface area (Å²) in [6, 6.07) is 8.48. The lowest BCUT2D eigenvalue weighted by molar-refractivity contribution is -0.126. The molecule has 0 saturated carbocycles. The molecular formula is C14H21FN2O. The molecule has 1 aromatic rings. The molecule has 0 fully saturated rings. The fourth-order valence-corrected chi connectivity index (χ4v) is 1.70. The Bertz CT molecular complexity index is 343. The Hall–Kier alpha value is -1.42. The van der Waals surface area contributed by atoms with Crippen LogP contribution in [0.25, 0.3) is 0 Å². The van der Waals surface area contributed by atoms with E-state index >= 15 is 0 Å². The largest absolute Gasteiger partial charge is 0.353 e. The van der Waals surface area contributed by atoms with Crippen molar-refractivity contribution in [1.29, 1.82) is 0 Å². The number of nitrogens with two attached hydrogens (primary N) is 1. The first kappa shape index (κ1) is 14.6. The average Bonchev–Trinajstić information content (AvgIpc) is 2.42. The molecule has 1 atom stereocenters. The molecule has 1 amide bonds. The second-order valence-corrected chi connectivity index (χ2v) is 4.27. The van der Waals surface area contributed by atoms with Crippen LogP contribution in [0.15, 0.2) is 30.3 Å². The van der Waals surface area contributed by atoms with Gasteiger partial charge in [-0.3, -0.25) is 4.79 Å². The van der Waals surface area contributed by atoms with Gasteiger partial charge >= 0.3 is 0 Å². The average molecular weight is 252 g/mol. The number of carbonyl (C=O) groups is 1. The van der Waals surface area contributed by atoms with Crippen LogP contribution < -0.4 is 11.1 Å². The maximum atomic E-state index is 13.7. The van der Waals surface area contributed by atoms with Crippen molar-refractivity contribution in [3.8, 4) is 0 Å². The molecule has 0 aliphatic heterocycles. The molecule has 1 aromatic carbocycles.